The fraction of sp³-hybridized carbons (Fsp3) is 0.111. The molecule has 4 heteroatoms. The van der Waals surface area contributed by atoms with Crippen LogP contribution in [0, 0.1) is 0 Å². The van der Waals surface area contributed by atoms with E-state index >= 15 is 0 Å². The summed E-state index contributed by atoms with van der Waals surface area (Å²) < 4.78 is 1.64. The van der Waals surface area contributed by atoms with E-state index in [1.165, 1.54) is 0 Å². The second-order valence-corrected chi connectivity index (χ2v) is 5.57. The zero-order chi connectivity index (χ0) is 15.4. The highest BCUT2D eigenvalue weighted by molar-refractivity contribution is 6.21. The van der Waals surface area contributed by atoms with E-state index in [9.17, 15) is 9.59 Å². The highest BCUT2D eigenvalue weighted by Gasteiger charge is 2.13. The van der Waals surface area contributed by atoms with Crippen molar-refractivity contribution in [1.82, 2.24) is 9.55 Å². The number of H-pyrrole nitrogens is 1. The highest BCUT2D eigenvalue weighted by atomic mass is 16.1. The van der Waals surface area contributed by atoms with Crippen LogP contribution < -0.4 is 0 Å². The average Bonchev–Trinajstić information content (AvgIpc) is 3.10. The van der Waals surface area contributed by atoms with Gasteiger partial charge in [-0.3, -0.25) is 14.2 Å². The van der Waals surface area contributed by atoms with E-state index in [1.807, 2.05) is 36.4 Å². The lowest BCUT2D eigenvalue weighted by atomic mass is 10.0. The number of carbonyl (C=O) groups excluding carboxylic acids is 2. The number of Topliss-reactive ketones (excluding diaryl/α,β-unsaturated/α-hetero) is 1. The summed E-state index contributed by atoms with van der Waals surface area (Å²) in [5.74, 6) is -0.00199. The lowest BCUT2D eigenvalue weighted by Gasteiger charge is -2.04. The number of carbonyl (C=O) groups is 2. The number of hydrogen-bond acceptors (Lipinski definition) is 2. The number of rotatable bonds is 1. The topological polar surface area (TPSA) is 54.9 Å². The molecule has 0 bridgehead atoms. The molecular formula is C18H14N2O2. The molecule has 22 heavy (non-hydrogen) atoms. The summed E-state index contributed by atoms with van der Waals surface area (Å²) in [7, 11) is 0. The summed E-state index contributed by atoms with van der Waals surface area (Å²) in [6.07, 6.45) is 1.80. The van der Waals surface area contributed by atoms with Crippen molar-refractivity contribution in [1.29, 1.82) is 0 Å². The van der Waals surface area contributed by atoms with Crippen LogP contribution in [0.25, 0.3) is 32.6 Å². The first kappa shape index (κ1) is 12.8. The summed E-state index contributed by atoms with van der Waals surface area (Å²) >= 11 is 0. The summed E-state index contributed by atoms with van der Waals surface area (Å²) in [6.45, 7) is 3.10. The second kappa shape index (κ2) is 4.31. The largest absolute Gasteiger partial charge is 0.352 e. The normalized spacial score (nSPS) is 11.5. The van der Waals surface area contributed by atoms with E-state index in [4.69, 9.17) is 0 Å². The highest BCUT2D eigenvalue weighted by Crippen LogP contribution is 2.33. The van der Waals surface area contributed by atoms with Gasteiger partial charge in [-0.1, -0.05) is 12.1 Å². The molecule has 0 amide bonds. The van der Waals surface area contributed by atoms with Gasteiger partial charge in [0.2, 0.25) is 5.91 Å². The van der Waals surface area contributed by atoms with Gasteiger partial charge in [0.1, 0.15) is 0 Å². The summed E-state index contributed by atoms with van der Waals surface area (Å²) in [5, 5.41) is 4.19. The fourth-order valence-electron chi connectivity index (χ4n) is 3.12. The molecule has 0 radical (unpaired) electrons. The first-order chi connectivity index (χ1) is 10.6. The van der Waals surface area contributed by atoms with Crippen LogP contribution in [0.3, 0.4) is 0 Å². The zero-order valence-corrected chi connectivity index (χ0v) is 12.3. The van der Waals surface area contributed by atoms with E-state index in [0.29, 0.717) is 5.69 Å². The van der Waals surface area contributed by atoms with Gasteiger partial charge in [-0.05, 0) is 29.7 Å². The van der Waals surface area contributed by atoms with Gasteiger partial charge in [-0.2, -0.15) is 0 Å². The van der Waals surface area contributed by atoms with Crippen molar-refractivity contribution >= 4 is 44.3 Å². The van der Waals surface area contributed by atoms with Crippen molar-refractivity contribution in [3.63, 3.8) is 0 Å². The summed E-state index contributed by atoms with van der Waals surface area (Å²) in [6, 6.07) is 11.8. The Hall–Kier alpha value is -2.88. The van der Waals surface area contributed by atoms with Gasteiger partial charge < -0.3 is 4.98 Å². The third kappa shape index (κ3) is 1.64. The molecule has 2 aromatic heterocycles. The predicted octanol–water partition coefficient (Wildman–Crippen LogP) is 4.14. The van der Waals surface area contributed by atoms with Crippen LogP contribution >= 0.6 is 0 Å². The van der Waals surface area contributed by atoms with E-state index < -0.39 is 0 Å². The van der Waals surface area contributed by atoms with E-state index in [-0.39, 0.29) is 11.7 Å². The number of fused-ring (bicyclic) bond motifs is 5. The minimum Gasteiger partial charge on any atom is -0.352 e. The Kier molecular flexibility index (Phi) is 2.51. The van der Waals surface area contributed by atoms with Crippen molar-refractivity contribution in [2.75, 3.05) is 0 Å². The van der Waals surface area contributed by atoms with Crippen molar-refractivity contribution in [2.24, 2.45) is 0 Å². The van der Waals surface area contributed by atoms with Gasteiger partial charge in [-0.15, -0.1) is 0 Å². The lowest BCUT2D eigenvalue weighted by molar-refractivity contribution is 0.0940. The Balaban J connectivity index is 2.20. The predicted molar refractivity (Wildman–Crippen MR) is 87.6 cm³/mol. The molecule has 2 heterocycles. The Labute approximate surface area is 126 Å². The molecule has 2 aromatic carbocycles. The summed E-state index contributed by atoms with van der Waals surface area (Å²) in [4.78, 5) is 26.5. The number of nitrogens with one attached hydrogen (secondary N) is 1. The van der Waals surface area contributed by atoms with E-state index in [2.05, 4.69) is 4.98 Å². The number of benzene rings is 2. The minimum atomic E-state index is -0.0139. The lowest BCUT2D eigenvalue weighted by Crippen LogP contribution is -2.02. The van der Waals surface area contributed by atoms with Crippen LogP contribution in [-0.4, -0.2) is 21.2 Å². The molecule has 0 fully saturated rings. The van der Waals surface area contributed by atoms with Crippen LogP contribution in [0.5, 0.6) is 0 Å². The molecule has 0 atom stereocenters. The molecule has 4 aromatic rings. The van der Waals surface area contributed by atoms with Gasteiger partial charge in [0.05, 0.1) is 11.2 Å². The minimum absolute atomic E-state index is 0.0119. The van der Waals surface area contributed by atoms with E-state index in [0.717, 1.165) is 32.6 Å². The third-order valence-electron chi connectivity index (χ3n) is 4.17. The van der Waals surface area contributed by atoms with Crippen LogP contribution in [0.1, 0.15) is 29.1 Å². The average molecular weight is 290 g/mol. The van der Waals surface area contributed by atoms with Crippen molar-refractivity contribution in [3.8, 4) is 0 Å². The van der Waals surface area contributed by atoms with Crippen molar-refractivity contribution in [2.45, 2.75) is 13.8 Å². The Morgan fingerprint density at radius 3 is 2.50 bits per heavy atom. The van der Waals surface area contributed by atoms with Crippen LogP contribution in [-0.2, 0) is 0 Å². The number of nitrogens with zero attached hydrogens (tertiary/aromatic N) is 1. The molecule has 0 saturated carbocycles. The smallest absolute Gasteiger partial charge is 0.227 e. The molecule has 0 spiro atoms. The summed E-state index contributed by atoms with van der Waals surface area (Å²) in [5.41, 5.74) is 2.42. The number of aromatic nitrogens is 2. The van der Waals surface area contributed by atoms with Crippen LogP contribution in [0.15, 0.2) is 42.6 Å². The molecule has 0 aliphatic heterocycles. The van der Waals surface area contributed by atoms with Gasteiger partial charge in [-0.25, -0.2) is 0 Å². The van der Waals surface area contributed by atoms with Gasteiger partial charge in [0.15, 0.2) is 5.78 Å². The first-order valence-corrected chi connectivity index (χ1v) is 7.13. The SMILES string of the molecule is CC(=O)c1cc2c(ccc3ccc4c(ccn4C(C)=O)c32)[nH]1. The van der Waals surface area contributed by atoms with Crippen LogP contribution in [0.2, 0.25) is 0 Å². The zero-order valence-electron chi connectivity index (χ0n) is 12.3. The van der Waals surface area contributed by atoms with Crippen molar-refractivity contribution < 1.29 is 9.59 Å². The molecule has 0 unspecified atom stereocenters. The monoisotopic (exact) mass is 290 g/mol. The number of aromatic amines is 1. The van der Waals surface area contributed by atoms with Crippen molar-refractivity contribution in [3.05, 3.63) is 48.3 Å². The molecule has 4 nitrogen and oxygen atoms in total. The fourth-order valence-corrected chi connectivity index (χ4v) is 3.12. The maximum Gasteiger partial charge on any atom is 0.227 e. The first-order valence-electron chi connectivity index (χ1n) is 7.13. The Bertz CT molecular complexity index is 1080. The maximum atomic E-state index is 11.7. The molecule has 0 aliphatic rings. The quantitative estimate of drug-likeness (QED) is 0.536. The third-order valence-corrected chi connectivity index (χ3v) is 4.17. The van der Waals surface area contributed by atoms with Gasteiger partial charge >= 0.3 is 0 Å². The number of ketones is 1. The maximum absolute atomic E-state index is 11.7. The second-order valence-electron chi connectivity index (χ2n) is 5.57. The van der Waals surface area contributed by atoms with Gasteiger partial charge in [0, 0.05) is 41.7 Å². The van der Waals surface area contributed by atoms with Gasteiger partial charge in [0.25, 0.3) is 0 Å². The Morgan fingerprint density at radius 2 is 1.77 bits per heavy atom. The van der Waals surface area contributed by atoms with Crippen LogP contribution in [0.4, 0.5) is 0 Å². The standard InChI is InChI=1S/C18H14N2O2/c1-10(21)16-9-14-15(19-16)5-3-12-4-6-17-13(18(12)14)7-8-20(17)11(2)22/h3-9,19H,1-2H3. The molecule has 4 rings (SSSR count). The molecule has 108 valence electrons. The molecular weight excluding hydrogens is 276 g/mol. The van der Waals surface area contributed by atoms with E-state index in [1.54, 1.807) is 24.6 Å². The molecule has 0 aliphatic carbocycles. The number of hydrogen-bond donors (Lipinski definition) is 1. The molecule has 0 saturated heterocycles. The molecule has 1 N–H and O–H groups in total. The Morgan fingerprint density at radius 1 is 1.00 bits per heavy atom.